The fourth-order valence-electron chi connectivity index (χ4n) is 1.76. The Morgan fingerprint density at radius 3 is 2.70 bits per heavy atom. The third kappa shape index (κ3) is 7.82. The van der Waals surface area contributed by atoms with Gasteiger partial charge in [-0.15, -0.1) is 0 Å². The first-order chi connectivity index (χ1) is 9.74. The number of aliphatic carboxylic acids is 1. The molecular formula is C15H23NO2S2. The van der Waals surface area contributed by atoms with Crippen LogP contribution >= 0.6 is 23.5 Å². The van der Waals surface area contributed by atoms with Gasteiger partial charge in [-0.2, -0.15) is 23.5 Å². The smallest absolute Gasteiger partial charge is 0.320 e. The molecule has 20 heavy (non-hydrogen) atoms. The first kappa shape index (κ1) is 17.4. The molecule has 1 aromatic carbocycles. The molecule has 0 heterocycles. The van der Waals surface area contributed by atoms with Crippen molar-refractivity contribution in [1.82, 2.24) is 5.32 Å². The van der Waals surface area contributed by atoms with E-state index in [4.69, 9.17) is 5.11 Å². The van der Waals surface area contributed by atoms with Crippen molar-refractivity contribution in [1.29, 1.82) is 0 Å². The van der Waals surface area contributed by atoms with Crippen LogP contribution in [0.15, 0.2) is 30.3 Å². The van der Waals surface area contributed by atoms with Crippen LogP contribution in [0.2, 0.25) is 0 Å². The number of carbonyl (C=O) groups is 1. The van der Waals surface area contributed by atoms with Crippen LogP contribution in [0, 0.1) is 0 Å². The summed E-state index contributed by atoms with van der Waals surface area (Å²) in [6.07, 6.45) is 3.69. The van der Waals surface area contributed by atoms with Gasteiger partial charge in [-0.3, -0.25) is 4.79 Å². The number of hydrogen-bond acceptors (Lipinski definition) is 4. The highest BCUT2D eigenvalue weighted by Gasteiger charge is 2.15. The fraction of sp³-hybridized carbons (Fsp3) is 0.533. The summed E-state index contributed by atoms with van der Waals surface area (Å²) in [5, 5.41) is 12.2. The van der Waals surface area contributed by atoms with Crippen LogP contribution in [0.4, 0.5) is 0 Å². The summed E-state index contributed by atoms with van der Waals surface area (Å²) in [4.78, 5) is 11.0. The van der Waals surface area contributed by atoms with E-state index in [1.807, 2.05) is 24.1 Å². The largest absolute Gasteiger partial charge is 0.480 e. The molecule has 1 rings (SSSR count). The zero-order valence-corrected chi connectivity index (χ0v) is 13.5. The van der Waals surface area contributed by atoms with Crippen molar-refractivity contribution < 1.29 is 9.90 Å². The number of carboxylic acids is 1. The lowest BCUT2D eigenvalue weighted by atomic mass is 10.2. The zero-order chi connectivity index (χ0) is 14.6. The topological polar surface area (TPSA) is 49.3 Å². The first-order valence-electron chi connectivity index (χ1n) is 6.81. The minimum atomic E-state index is -0.740. The predicted octanol–water partition coefficient (Wildman–Crippen LogP) is 3.11. The molecule has 0 aliphatic carbocycles. The quantitative estimate of drug-likeness (QED) is 0.615. The number of carboxylic acid groups (broad SMARTS) is 1. The van der Waals surface area contributed by atoms with E-state index in [1.54, 1.807) is 11.8 Å². The van der Waals surface area contributed by atoms with Crippen LogP contribution in [0.5, 0.6) is 0 Å². The van der Waals surface area contributed by atoms with Gasteiger partial charge >= 0.3 is 5.97 Å². The van der Waals surface area contributed by atoms with Crippen molar-refractivity contribution >= 4 is 29.5 Å². The Labute approximate surface area is 129 Å². The molecule has 0 aliphatic rings. The summed E-state index contributed by atoms with van der Waals surface area (Å²) in [6.45, 7) is 0.771. The highest BCUT2D eigenvalue weighted by atomic mass is 32.2. The van der Waals surface area contributed by atoms with E-state index < -0.39 is 12.0 Å². The van der Waals surface area contributed by atoms with E-state index in [0.717, 1.165) is 30.2 Å². The lowest BCUT2D eigenvalue weighted by Gasteiger charge is -2.13. The first-order valence-corrected chi connectivity index (χ1v) is 9.35. The normalized spacial score (nSPS) is 12.2. The summed E-state index contributed by atoms with van der Waals surface area (Å²) in [5.74, 6) is 2.22. The Hall–Kier alpha value is -0.650. The monoisotopic (exact) mass is 313 g/mol. The number of rotatable bonds is 11. The highest BCUT2D eigenvalue weighted by molar-refractivity contribution is 7.98. The Balaban J connectivity index is 2.07. The van der Waals surface area contributed by atoms with Gasteiger partial charge in [0.15, 0.2) is 0 Å². The van der Waals surface area contributed by atoms with E-state index in [9.17, 15) is 4.79 Å². The lowest BCUT2D eigenvalue weighted by molar-refractivity contribution is -0.139. The third-order valence-electron chi connectivity index (χ3n) is 2.88. The maximum absolute atomic E-state index is 11.0. The Morgan fingerprint density at radius 2 is 2.05 bits per heavy atom. The minimum absolute atomic E-state index is 0.401. The molecule has 2 N–H and O–H groups in total. The number of hydrogen-bond donors (Lipinski definition) is 2. The molecule has 5 heteroatoms. The van der Waals surface area contributed by atoms with Crippen LogP contribution in [-0.2, 0) is 10.5 Å². The van der Waals surface area contributed by atoms with E-state index in [0.29, 0.717) is 6.42 Å². The summed E-state index contributed by atoms with van der Waals surface area (Å²) in [5.41, 5.74) is 1.34. The fourth-order valence-corrected chi connectivity index (χ4v) is 3.16. The molecule has 0 saturated carbocycles. The van der Waals surface area contributed by atoms with Gasteiger partial charge in [0.25, 0.3) is 0 Å². The summed E-state index contributed by atoms with van der Waals surface area (Å²) >= 11 is 3.58. The Bertz CT molecular complexity index is 373. The summed E-state index contributed by atoms with van der Waals surface area (Å²) in [6, 6.07) is 10.0. The van der Waals surface area contributed by atoms with Crippen LogP contribution in [-0.4, -0.2) is 41.4 Å². The van der Waals surface area contributed by atoms with Crippen molar-refractivity contribution in [3.63, 3.8) is 0 Å². The summed E-state index contributed by atoms with van der Waals surface area (Å²) in [7, 11) is 0. The standard InChI is InChI=1S/C15H23NO2S2/c1-19-11-8-14(15(17)18)16-9-5-10-20-12-13-6-3-2-4-7-13/h2-4,6-7,14,16H,5,8-12H2,1H3,(H,17,18)/t14-/m0/s1. The van der Waals surface area contributed by atoms with Gasteiger partial charge in [-0.25, -0.2) is 0 Å². The molecule has 0 bridgehead atoms. The van der Waals surface area contributed by atoms with Gasteiger partial charge in [0.2, 0.25) is 0 Å². The molecule has 0 fully saturated rings. The second kappa shape index (κ2) is 11.1. The van der Waals surface area contributed by atoms with E-state index in [1.165, 1.54) is 5.56 Å². The second-order valence-corrected chi connectivity index (χ2v) is 6.61. The van der Waals surface area contributed by atoms with Crippen LogP contribution < -0.4 is 5.32 Å². The molecule has 0 amide bonds. The van der Waals surface area contributed by atoms with Crippen molar-refractivity contribution in [2.75, 3.05) is 24.3 Å². The number of thioether (sulfide) groups is 2. The zero-order valence-electron chi connectivity index (χ0n) is 11.9. The van der Waals surface area contributed by atoms with Gasteiger partial charge in [0.1, 0.15) is 6.04 Å². The highest BCUT2D eigenvalue weighted by Crippen LogP contribution is 2.12. The average molecular weight is 313 g/mol. The molecule has 0 saturated heterocycles. The molecule has 112 valence electrons. The number of nitrogens with one attached hydrogen (secondary N) is 1. The van der Waals surface area contributed by atoms with Gasteiger partial charge in [0.05, 0.1) is 0 Å². The molecule has 1 atom stereocenters. The molecule has 0 spiro atoms. The van der Waals surface area contributed by atoms with Crippen molar-refractivity contribution in [3.8, 4) is 0 Å². The van der Waals surface area contributed by atoms with Crippen LogP contribution in [0.1, 0.15) is 18.4 Å². The van der Waals surface area contributed by atoms with Gasteiger partial charge in [0, 0.05) is 5.75 Å². The van der Waals surface area contributed by atoms with Crippen molar-refractivity contribution in [2.45, 2.75) is 24.6 Å². The van der Waals surface area contributed by atoms with Crippen LogP contribution in [0.25, 0.3) is 0 Å². The van der Waals surface area contributed by atoms with Crippen LogP contribution in [0.3, 0.4) is 0 Å². The molecule has 3 nitrogen and oxygen atoms in total. The molecular weight excluding hydrogens is 290 g/mol. The molecule has 0 unspecified atom stereocenters. The van der Waals surface area contributed by atoms with Gasteiger partial charge < -0.3 is 10.4 Å². The average Bonchev–Trinajstić information content (AvgIpc) is 2.46. The van der Waals surface area contributed by atoms with Crippen molar-refractivity contribution in [3.05, 3.63) is 35.9 Å². The van der Waals surface area contributed by atoms with Gasteiger partial charge in [-0.05, 0) is 42.7 Å². The molecule has 0 aromatic heterocycles. The lowest BCUT2D eigenvalue weighted by Crippen LogP contribution is -2.37. The second-order valence-electron chi connectivity index (χ2n) is 4.52. The number of benzene rings is 1. The SMILES string of the molecule is CSCC[C@H](NCCCSCc1ccccc1)C(=O)O. The third-order valence-corrected chi connectivity index (χ3v) is 4.64. The van der Waals surface area contributed by atoms with Crippen molar-refractivity contribution in [2.24, 2.45) is 0 Å². The predicted molar refractivity (Wildman–Crippen MR) is 89.6 cm³/mol. The molecule has 1 aromatic rings. The molecule has 0 radical (unpaired) electrons. The van der Waals surface area contributed by atoms with Gasteiger partial charge in [-0.1, -0.05) is 30.3 Å². The van der Waals surface area contributed by atoms with E-state index in [-0.39, 0.29) is 0 Å². The Kier molecular flexibility index (Phi) is 9.62. The maximum atomic E-state index is 11.0. The minimum Gasteiger partial charge on any atom is -0.480 e. The maximum Gasteiger partial charge on any atom is 0.320 e. The molecule has 0 aliphatic heterocycles. The summed E-state index contributed by atoms with van der Waals surface area (Å²) < 4.78 is 0. The van der Waals surface area contributed by atoms with E-state index >= 15 is 0 Å². The Morgan fingerprint density at radius 1 is 1.30 bits per heavy atom. The van der Waals surface area contributed by atoms with E-state index in [2.05, 4.69) is 29.6 Å².